The number of anilines is 1. The Kier molecular flexibility index (Phi) is 5.39. The first-order chi connectivity index (χ1) is 8.40. The van der Waals surface area contributed by atoms with Gasteiger partial charge in [-0.2, -0.15) is 13.2 Å². The van der Waals surface area contributed by atoms with Crippen LogP contribution in [0.2, 0.25) is 0 Å². The van der Waals surface area contributed by atoms with E-state index in [1.165, 1.54) is 18.3 Å². The molecule has 0 aliphatic rings. The minimum Gasteiger partial charge on any atom is -0.468 e. The highest BCUT2D eigenvalue weighted by Gasteiger charge is 2.28. The third-order valence-corrected chi connectivity index (χ3v) is 2.12. The third kappa shape index (κ3) is 5.85. The van der Waals surface area contributed by atoms with Crippen molar-refractivity contribution in [1.29, 1.82) is 0 Å². The first kappa shape index (κ1) is 14.7. The van der Waals surface area contributed by atoms with Gasteiger partial charge in [-0.15, -0.1) is 0 Å². The Morgan fingerprint density at radius 2 is 2.17 bits per heavy atom. The molecular weight excluding hydrogens is 317 g/mol. The smallest absolute Gasteiger partial charge is 0.422 e. The van der Waals surface area contributed by atoms with E-state index in [-0.39, 0.29) is 11.8 Å². The highest BCUT2D eigenvalue weighted by molar-refractivity contribution is 9.09. The topological polar surface area (TPSA) is 51.2 Å². The molecule has 4 nitrogen and oxygen atoms in total. The maximum atomic E-state index is 11.9. The predicted molar refractivity (Wildman–Crippen MR) is 62.8 cm³/mol. The number of carbonyl (C=O) groups excluding carboxylic acids is 1. The molecule has 1 rings (SSSR count). The van der Waals surface area contributed by atoms with Crippen molar-refractivity contribution in [2.45, 2.75) is 12.6 Å². The first-order valence-electron chi connectivity index (χ1n) is 4.92. The van der Waals surface area contributed by atoms with Crippen LogP contribution >= 0.6 is 15.9 Å². The molecule has 0 radical (unpaired) electrons. The number of aromatic nitrogens is 1. The second-order valence-electron chi connectivity index (χ2n) is 3.28. The van der Waals surface area contributed by atoms with Crippen LogP contribution in [-0.4, -0.2) is 29.0 Å². The number of amides is 1. The van der Waals surface area contributed by atoms with Crippen molar-refractivity contribution in [3.63, 3.8) is 0 Å². The van der Waals surface area contributed by atoms with Crippen molar-refractivity contribution in [2.24, 2.45) is 0 Å². The predicted octanol–water partition coefficient (Wildman–Crippen LogP) is 2.75. The van der Waals surface area contributed by atoms with Crippen molar-refractivity contribution >= 4 is 27.5 Å². The summed E-state index contributed by atoms with van der Waals surface area (Å²) in [7, 11) is 0. The number of alkyl halides is 4. The summed E-state index contributed by atoms with van der Waals surface area (Å²) in [6, 6.07) is 2.68. The molecule has 18 heavy (non-hydrogen) atoms. The average molecular weight is 327 g/mol. The molecular formula is C10H10BrF3N2O2. The van der Waals surface area contributed by atoms with Gasteiger partial charge in [0.15, 0.2) is 6.61 Å². The van der Waals surface area contributed by atoms with Gasteiger partial charge in [-0.25, -0.2) is 4.98 Å². The molecule has 0 fully saturated rings. The zero-order chi connectivity index (χ0) is 13.6. The van der Waals surface area contributed by atoms with Gasteiger partial charge in [-0.1, -0.05) is 15.9 Å². The lowest BCUT2D eigenvalue weighted by molar-refractivity contribution is -0.154. The van der Waals surface area contributed by atoms with E-state index in [1.54, 1.807) is 0 Å². The second kappa shape index (κ2) is 6.58. The van der Waals surface area contributed by atoms with Crippen LogP contribution in [0.1, 0.15) is 6.42 Å². The van der Waals surface area contributed by atoms with Crippen LogP contribution in [0.15, 0.2) is 18.3 Å². The van der Waals surface area contributed by atoms with E-state index >= 15 is 0 Å². The van der Waals surface area contributed by atoms with Gasteiger partial charge in [0.2, 0.25) is 11.8 Å². The average Bonchev–Trinajstić information content (AvgIpc) is 2.27. The van der Waals surface area contributed by atoms with Crippen LogP contribution < -0.4 is 10.1 Å². The molecule has 0 spiro atoms. The summed E-state index contributed by atoms with van der Waals surface area (Å²) in [5.74, 6) is -0.358. The number of rotatable bonds is 5. The fourth-order valence-corrected chi connectivity index (χ4v) is 1.36. The molecule has 0 saturated carbocycles. The molecule has 0 atom stereocenters. The summed E-state index contributed by atoms with van der Waals surface area (Å²) >= 11 is 3.11. The van der Waals surface area contributed by atoms with Crippen molar-refractivity contribution in [1.82, 2.24) is 4.98 Å². The molecule has 1 amide bonds. The van der Waals surface area contributed by atoms with Crippen LogP contribution in [0.4, 0.5) is 18.9 Å². The monoisotopic (exact) mass is 326 g/mol. The molecule has 1 aromatic rings. The maximum absolute atomic E-state index is 11.9. The van der Waals surface area contributed by atoms with Gasteiger partial charge in [0.1, 0.15) is 0 Å². The molecule has 1 N–H and O–H groups in total. The third-order valence-electron chi connectivity index (χ3n) is 1.73. The minimum absolute atomic E-state index is 0.147. The number of carbonyl (C=O) groups is 1. The lowest BCUT2D eigenvalue weighted by Gasteiger charge is -2.09. The molecule has 100 valence electrons. The SMILES string of the molecule is O=C(CCBr)Nc1ccc(OCC(F)(F)F)nc1. The number of pyridine rings is 1. The Bertz CT molecular complexity index is 395. The van der Waals surface area contributed by atoms with E-state index in [1.807, 2.05) is 0 Å². The quantitative estimate of drug-likeness (QED) is 0.846. The Morgan fingerprint density at radius 1 is 1.44 bits per heavy atom. The lowest BCUT2D eigenvalue weighted by atomic mass is 10.4. The zero-order valence-electron chi connectivity index (χ0n) is 9.13. The van der Waals surface area contributed by atoms with Gasteiger partial charge in [0, 0.05) is 17.8 Å². The standard InChI is InChI=1S/C10H10BrF3N2O2/c11-4-3-8(17)16-7-1-2-9(15-5-7)18-6-10(12,13)14/h1-2,5H,3-4,6H2,(H,16,17). The molecule has 1 heterocycles. The summed E-state index contributed by atoms with van der Waals surface area (Å²) in [4.78, 5) is 14.9. The Morgan fingerprint density at radius 3 is 2.67 bits per heavy atom. The van der Waals surface area contributed by atoms with Crippen LogP contribution in [0.5, 0.6) is 5.88 Å². The fourth-order valence-electron chi connectivity index (χ4n) is 1.00. The largest absolute Gasteiger partial charge is 0.468 e. The number of hydrogen-bond acceptors (Lipinski definition) is 3. The van der Waals surface area contributed by atoms with E-state index in [0.717, 1.165) is 0 Å². The summed E-state index contributed by atoms with van der Waals surface area (Å²) in [6.07, 6.45) is -2.87. The van der Waals surface area contributed by atoms with Crippen LogP contribution in [-0.2, 0) is 4.79 Å². The van der Waals surface area contributed by atoms with Crippen molar-refractivity contribution in [2.75, 3.05) is 17.3 Å². The molecule has 8 heteroatoms. The van der Waals surface area contributed by atoms with E-state index in [2.05, 4.69) is 31.0 Å². The molecule has 0 bridgehead atoms. The highest BCUT2D eigenvalue weighted by atomic mass is 79.9. The van der Waals surface area contributed by atoms with Gasteiger partial charge in [-0.3, -0.25) is 4.79 Å². The lowest BCUT2D eigenvalue weighted by Crippen LogP contribution is -2.19. The number of ether oxygens (including phenoxy) is 1. The highest BCUT2D eigenvalue weighted by Crippen LogP contribution is 2.18. The molecule has 0 aliphatic carbocycles. The summed E-state index contributed by atoms with van der Waals surface area (Å²) < 4.78 is 40.0. The van der Waals surface area contributed by atoms with E-state index in [0.29, 0.717) is 17.4 Å². The normalized spacial score (nSPS) is 11.1. The number of hydrogen-bond donors (Lipinski definition) is 1. The molecule has 0 saturated heterocycles. The Balaban J connectivity index is 2.50. The van der Waals surface area contributed by atoms with Gasteiger partial charge in [0.25, 0.3) is 0 Å². The van der Waals surface area contributed by atoms with Gasteiger partial charge in [0.05, 0.1) is 11.9 Å². The Labute approximate surface area is 110 Å². The van der Waals surface area contributed by atoms with E-state index < -0.39 is 12.8 Å². The molecule has 0 aromatic carbocycles. The fraction of sp³-hybridized carbons (Fsp3) is 0.400. The van der Waals surface area contributed by atoms with Crippen molar-refractivity contribution in [3.05, 3.63) is 18.3 Å². The van der Waals surface area contributed by atoms with Gasteiger partial charge < -0.3 is 10.1 Å². The molecule has 0 unspecified atom stereocenters. The minimum atomic E-state index is -4.40. The van der Waals surface area contributed by atoms with Crippen molar-refractivity contribution < 1.29 is 22.7 Å². The van der Waals surface area contributed by atoms with Crippen LogP contribution in [0.3, 0.4) is 0 Å². The number of nitrogens with zero attached hydrogens (tertiary/aromatic N) is 1. The van der Waals surface area contributed by atoms with Crippen LogP contribution in [0.25, 0.3) is 0 Å². The summed E-state index contributed by atoms with van der Waals surface area (Å²) in [6.45, 7) is -1.39. The number of halogens is 4. The van der Waals surface area contributed by atoms with Gasteiger partial charge >= 0.3 is 6.18 Å². The van der Waals surface area contributed by atoms with Gasteiger partial charge in [-0.05, 0) is 6.07 Å². The molecule has 0 aliphatic heterocycles. The zero-order valence-corrected chi connectivity index (χ0v) is 10.7. The van der Waals surface area contributed by atoms with Crippen LogP contribution in [0, 0.1) is 0 Å². The van der Waals surface area contributed by atoms with Crippen molar-refractivity contribution in [3.8, 4) is 5.88 Å². The van der Waals surface area contributed by atoms with E-state index in [9.17, 15) is 18.0 Å². The number of nitrogens with one attached hydrogen (secondary N) is 1. The summed E-state index contributed by atoms with van der Waals surface area (Å²) in [5, 5.41) is 3.06. The first-order valence-corrected chi connectivity index (χ1v) is 6.04. The molecule has 1 aromatic heterocycles. The second-order valence-corrected chi connectivity index (χ2v) is 4.07. The maximum Gasteiger partial charge on any atom is 0.422 e. The van der Waals surface area contributed by atoms with E-state index in [4.69, 9.17) is 0 Å². The Hall–Kier alpha value is -1.31. The summed E-state index contributed by atoms with van der Waals surface area (Å²) in [5.41, 5.74) is 0.403.